The first-order valence-corrected chi connectivity index (χ1v) is 24.1. The first-order valence-electron chi connectivity index (χ1n) is 24.1. The highest BCUT2D eigenvalue weighted by Crippen LogP contribution is 2.89. The molecule has 372 valence electrons. The molecule has 18 nitrogen and oxygen atoms in total. The monoisotopic (exact) mass is 929 g/mol. The molecule has 9 fully saturated rings. The van der Waals surface area contributed by atoms with E-state index >= 15 is 0 Å². The highest BCUT2D eigenvalue weighted by Gasteiger charge is 2.85. The van der Waals surface area contributed by atoms with Crippen molar-refractivity contribution in [2.24, 2.45) is 44.8 Å². The van der Waals surface area contributed by atoms with Crippen molar-refractivity contribution in [1.29, 1.82) is 0 Å². The minimum Gasteiger partial charge on any atom is -0.457 e. The number of carbonyl (C=O) groups excluding carboxylic acids is 1. The number of hydrogen-bond acceptors (Lipinski definition) is 18. The van der Waals surface area contributed by atoms with Crippen molar-refractivity contribution >= 4 is 5.97 Å². The molecule has 9 rings (SSSR count). The van der Waals surface area contributed by atoms with Crippen LogP contribution in [0.1, 0.15) is 113 Å². The Bertz CT molecular complexity index is 1780. The number of fused-ring (bicyclic) bond motifs is 2. The van der Waals surface area contributed by atoms with Gasteiger partial charge in [-0.25, -0.2) is 0 Å². The summed E-state index contributed by atoms with van der Waals surface area (Å²) in [5.41, 5.74) is -3.47. The van der Waals surface area contributed by atoms with Crippen LogP contribution in [0, 0.1) is 44.8 Å². The highest BCUT2D eigenvalue weighted by molar-refractivity contribution is 5.66. The molecule has 0 aromatic carbocycles. The van der Waals surface area contributed by atoms with Crippen molar-refractivity contribution in [3.63, 3.8) is 0 Å². The van der Waals surface area contributed by atoms with Crippen LogP contribution in [0.3, 0.4) is 0 Å². The van der Waals surface area contributed by atoms with Crippen LogP contribution in [0.15, 0.2) is 0 Å². The first kappa shape index (κ1) is 48.8. The fraction of sp³-hybridized carbons (Fsp3) is 0.979. The number of rotatable bonds is 9. The maximum atomic E-state index is 12.4. The van der Waals surface area contributed by atoms with E-state index in [0.717, 1.165) is 32.1 Å². The Morgan fingerprint density at radius 1 is 0.631 bits per heavy atom. The zero-order chi connectivity index (χ0) is 47.2. The number of carbonyl (C=O) groups is 1. The molecular formula is C47H76O18. The van der Waals surface area contributed by atoms with Gasteiger partial charge >= 0.3 is 5.97 Å². The van der Waals surface area contributed by atoms with Gasteiger partial charge in [-0.05, 0) is 117 Å². The summed E-state index contributed by atoms with van der Waals surface area (Å²) in [7, 11) is 0. The van der Waals surface area contributed by atoms with Gasteiger partial charge in [-0.15, -0.1) is 0 Å². The fourth-order valence-corrected chi connectivity index (χ4v) is 16.1. The lowest BCUT2D eigenvalue weighted by atomic mass is 9.41. The topological polar surface area (TPSA) is 273 Å². The number of hydrogen-bond donors (Lipinski definition) is 9. The smallest absolute Gasteiger partial charge is 0.303 e. The predicted octanol–water partition coefficient (Wildman–Crippen LogP) is 0.397. The van der Waals surface area contributed by atoms with Gasteiger partial charge in [-0.2, -0.15) is 0 Å². The lowest BCUT2D eigenvalue weighted by Gasteiger charge is -2.65. The fourth-order valence-electron chi connectivity index (χ4n) is 16.1. The molecule has 0 amide bonds. The zero-order valence-corrected chi connectivity index (χ0v) is 39.2. The van der Waals surface area contributed by atoms with E-state index in [4.69, 9.17) is 37.9 Å². The second-order valence-corrected chi connectivity index (χ2v) is 23.6. The molecular weight excluding hydrogens is 852 g/mol. The lowest BCUT2D eigenvalue weighted by Crippen LogP contribution is -2.65. The van der Waals surface area contributed by atoms with Gasteiger partial charge in [0.15, 0.2) is 31.1 Å². The van der Waals surface area contributed by atoms with E-state index in [1.54, 1.807) is 13.8 Å². The zero-order valence-electron chi connectivity index (χ0n) is 39.2. The maximum absolute atomic E-state index is 12.4. The molecule has 5 saturated carbocycles. The van der Waals surface area contributed by atoms with Crippen molar-refractivity contribution in [1.82, 2.24) is 0 Å². The molecule has 4 heterocycles. The van der Waals surface area contributed by atoms with Crippen LogP contribution in [0.2, 0.25) is 0 Å². The van der Waals surface area contributed by atoms with E-state index in [9.17, 15) is 50.8 Å². The van der Waals surface area contributed by atoms with Gasteiger partial charge < -0.3 is 83.9 Å². The Morgan fingerprint density at radius 2 is 1.23 bits per heavy atom. The van der Waals surface area contributed by atoms with Crippen LogP contribution in [0.5, 0.6) is 0 Å². The highest BCUT2D eigenvalue weighted by atomic mass is 16.8. The van der Waals surface area contributed by atoms with Crippen LogP contribution in [0.25, 0.3) is 0 Å². The SMILES string of the molecule is CC(=O)O[C@H]1[C@@H](O[C@@H]2OC[C@H](O)[C@@H](O)[C@@H]2O)[C@@H](O[C@@H]2CC[C@]34C[C@]35CC[C@]3(C)[C@H]([C@]6(C)CC[C@@H](C(C)(C)O)O6)[C@@H](O)C[C@@]3(C)[C@@H]5C[C@H](O[C@@H]3OC[C@H](O)[C@H](O)[C@@H]3O)[C@@H]4C2(C)C)OC[C@H]1O. The first-order chi connectivity index (χ1) is 30.2. The van der Waals surface area contributed by atoms with Crippen molar-refractivity contribution in [3.05, 3.63) is 0 Å². The summed E-state index contributed by atoms with van der Waals surface area (Å²) in [5.74, 6) is -1.02. The van der Waals surface area contributed by atoms with Crippen LogP contribution in [-0.2, 0) is 42.7 Å². The van der Waals surface area contributed by atoms with E-state index in [-0.39, 0.29) is 65.3 Å². The molecule has 65 heavy (non-hydrogen) atoms. The Balaban J connectivity index is 1.04. The van der Waals surface area contributed by atoms with Gasteiger partial charge in [0, 0.05) is 12.8 Å². The Labute approximate surface area is 381 Å². The Kier molecular flexibility index (Phi) is 12.4. The van der Waals surface area contributed by atoms with Gasteiger partial charge in [0.25, 0.3) is 0 Å². The maximum Gasteiger partial charge on any atom is 0.303 e. The molecule has 5 aliphatic carbocycles. The molecule has 4 aliphatic heterocycles. The van der Waals surface area contributed by atoms with Crippen LogP contribution >= 0.6 is 0 Å². The van der Waals surface area contributed by atoms with E-state index in [1.807, 2.05) is 0 Å². The number of esters is 1. The minimum atomic E-state index is -1.69. The van der Waals surface area contributed by atoms with Crippen molar-refractivity contribution in [3.8, 4) is 0 Å². The molecule has 18 heteroatoms. The largest absolute Gasteiger partial charge is 0.457 e. The van der Waals surface area contributed by atoms with E-state index in [2.05, 4.69) is 34.6 Å². The van der Waals surface area contributed by atoms with Gasteiger partial charge in [0.2, 0.25) is 0 Å². The van der Waals surface area contributed by atoms with Crippen molar-refractivity contribution in [2.45, 2.75) is 223 Å². The average Bonchev–Trinajstić information content (AvgIpc) is 3.58. The van der Waals surface area contributed by atoms with Gasteiger partial charge in [0.05, 0.1) is 55.4 Å². The molecule has 0 unspecified atom stereocenters. The van der Waals surface area contributed by atoms with E-state index in [0.29, 0.717) is 25.7 Å². The van der Waals surface area contributed by atoms with E-state index in [1.165, 1.54) is 6.92 Å². The summed E-state index contributed by atoms with van der Waals surface area (Å²) in [6, 6.07) is 0. The second kappa shape index (κ2) is 16.5. The lowest BCUT2D eigenvalue weighted by molar-refractivity contribution is -0.359. The summed E-state index contributed by atoms with van der Waals surface area (Å²) in [5, 5.41) is 98.3. The van der Waals surface area contributed by atoms with E-state index < -0.39 is 115 Å². The third-order valence-electron chi connectivity index (χ3n) is 19.2. The summed E-state index contributed by atoms with van der Waals surface area (Å²) < 4.78 is 50.1. The van der Waals surface area contributed by atoms with Crippen molar-refractivity contribution < 1.29 is 88.6 Å². The molecule has 24 atom stereocenters. The summed E-state index contributed by atoms with van der Waals surface area (Å²) in [4.78, 5) is 12.4. The second-order valence-electron chi connectivity index (χ2n) is 23.6. The Morgan fingerprint density at radius 3 is 1.83 bits per heavy atom. The van der Waals surface area contributed by atoms with Crippen LogP contribution in [0.4, 0.5) is 0 Å². The normalized spacial score (nSPS) is 56.2. The standard InChI is InChI=1S/C47H76O18/c1-21(48)61-34-25(52)19-60-40(35(34)64-39-33(56)31(54)24(51)18-59-39)63-28-10-12-47-20-46(47)14-13-43(6)36(45(8)11-9-29(65-45)42(4,5)57)22(49)16-44(43,7)27(46)15-26(37(47)41(28,2)3)62-38-32(55)30(53)23(50)17-58-38/h22-40,49-57H,9-20H2,1-8H3/t22-,23-,24-,25+,26-,27-,28+,29-,30-,31+,32-,33-,34+,35+,36+,37+,38-,39-,40+,43+,44-,45-,46-,47+/m0/s1. The third-order valence-corrected chi connectivity index (χ3v) is 19.2. The molecule has 2 spiro atoms. The van der Waals surface area contributed by atoms with Gasteiger partial charge in [-0.1, -0.05) is 27.7 Å². The van der Waals surface area contributed by atoms with Gasteiger partial charge in [-0.3, -0.25) is 4.79 Å². The average molecular weight is 929 g/mol. The molecule has 0 bridgehead atoms. The van der Waals surface area contributed by atoms with Crippen molar-refractivity contribution in [2.75, 3.05) is 19.8 Å². The van der Waals surface area contributed by atoms with Crippen LogP contribution < -0.4 is 0 Å². The van der Waals surface area contributed by atoms with Gasteiger partial charge in [0.1, 0.15) is 42.7 Å². The summed E-state index contributed by atoms with van der Waals surface area (Å²) in [6.45, 7) is 14.9. The quantitative estimate of drug-likeness (QED) is 0.112. The molecule has 0 aromatic rings. The number of aliphatic hydroxyl groups excluding tert-OH is 8. The minimum absolute atomic E-state index is 0.0791. The number of aliphatic hydroxyl groups is 9. The molecule has 0 radical (unpaired) electrons. The molecule has 4 saturated heterocycles. The Hall–Kier alpha value is -1.17. The summed E-state index contributed by atoms with van der Waals surface area (Å²) >= 11 is 0. The summed E-state index contributed by atoms with van der Waals surface area (Å²) in [6.07, 6.45) is -12.5. The molecule has 9 aliphatic rings. The third kappa shape index (κ3) is 7.44. The number of ether oxygens (including phenoxy) is 8. The molecule has 9 N–H and O–H groups in total. The molecule has 0 aromatic heterocycles. The predicted molar refractivity (Wildman–Crippen MR) is 224 cm³/mol. The van der Waals surface area contributed by atoms with Crippen LogP contribution in [-0.4, -0.2) is 181 Å².